The van der Waals surface area contributed by atoms with Crippen LogP contribution >= 0.6 is 0 Å². The largest absolute Gasteiger partial charge is 0.0622 e. The van der Waals surface area contributed by atoms with Gasteiger partial charge in [0, 0.05) is 0 Å². The minimum Gasteiger partial charge on any atom is -0.0622 e. The number of fused-ring (bicyclic) bond motifs is 2. The van der Waals surface area contributed by atoms with Gasteiger partial charge in [-0.1, -0.05) is 60.7 Å². The third-order valence-electron chi connectivity index (χ3n) is 6.35. The molecule has 0 aromatic heterocycles. The molecule has 0 aliphatic heterocycles. The number of allylic oxidation sites excluding steroid dienone is 2. The summed E-state index contributed by atoms with van der Waals surface area (Å²) in [7, 11) is 0. The third-order valence-corrected chi connectivity index (χ3v) is 9.04. The fourth-order valence-electron chi connectivity index (χ4n) is 4.56. The van der Waals surface area contributed by atoms with Crippen molar-refractivity contribution < 1.29 is 19.2 Å². The normalized spacial score (nSPS) is 17.1. The molecule has 33 heavy (non-hydrogen) atoms. The molecule has 0 amide bonds. The number of rotatable bonds is 5. The second-order valence-corrected chi connectivity index (χ2v) is 11.0. The van der Waals surface area contributed by atoms with Crippen molar-refractivity contribution in [2.24, 2.45) is 0 Å². The van der Waals surface area contributed by atoms with Crippen LogP contribution in [0.1, 0.15) is 41.8 Å². The van der Waals surface area contributed by atoms with Crippen molar-refractivity contribution in [3.8, 4) is 0 Å². The zero-order valence-electron chi connectivity index (χ0n) is 18.8. The number of hydrogen-bond acceptors (Lipinski definition) is 0. The van der Waals surface area contributed by atoms with E-state index in [1.807, 2.05) is 0 Å². The standard InChI is InChI=1S/C14H14.2C9H7.Ti/c1-3-7-13(8-4-1)11-12-14-9-5-2-6-10-14;2*1-2-5-9-7-3-6-8(9)4-1;/h1-10H,11-12H2;2*1-7H;. The molecule has 0 radical (unpaired) electrons. The van der Waals surface area contributed by atoms with Gasteiger partial charge in [0.2, 0.25) is 0 Å². The Balaban J connectivity index is 0.000000146. The molecule has 0 nitrogen and oxygen atoms in total. The average Bonchev–Trinajstić information content (AvgIpc) is 3.49. The Morgan fingerprint density at radius 2 is 0.848 bits per heavy atom. The summed E-state index contributed by atoms with van der Waals surface area (Å²) in [5.74, 6) is 0. The molecular weight excluding hydrogens is 432 g/mol. The van der Waals surface area contributed by atoms with Crippen LogP contribution in [0.25, 0.3) is 12.2 Å². The molecule has 160 valence electrons. The van der Waals surface area contributed by atoms with Gasteiger partial charge in [-0.2, -0.15) is 0 Å². The van der Waals surface area contributed by atoms with Gasteiger partial charge in [-0.3, -0.25) is 0 Å². The molecule has 6 rings (SSSR count). The zero-order chi connectivity index (χ0) is 22.3. The van der Waals surface area contributed by atoms with Crippen molar-refractivity contribution in [2.75, 3.05) is 0 Å². The van der Waals surface area contributed by atoms with E-state index in [1.165, 1.54) is 22.3 Å². The van der Waals surface area contributed by atoms with E-state index in [9.17, 15) is 0 Å². The topological polar surface area (TPSA) is 0 Å². The van der Waals surface area contributed by atoms with Crippen molar-refractivity contribution in [3.05, 3.63) is 155 Å². The fourth-order valence-corrected chi connectivity index (χ4v) is 7.19. The summed E-state index contributed by atoms with van der Waals surface area (Å²) in [6.07, 6.45) is 11.7. The molecule has 1 heteroatoms. The summed E-state index contributed by atoms with van der Waals surface area (Å²) in [5.41, 5.74) is 8.76. The molecule has 0 bridgehead atoms. The minimum absolute atomic E-state index is 0.0859. The van der Waals surface area contributed by atoms with Gasteiger partial charge in [0.15, 0.2) is 0 Å². The quantitative estimate of drug-likeness (QED) is 0.264. The average molecular weight is 460 g/mol. The van der Waals surface area contributed by atoms with Gasteiger partial charge in [0.05, 0.1) is 0 Å². The Hall–Kier alpha value is -2.93. The predicted octanol–water partition coefficient (Wildman–Crippen LogP) is 8.08. The van der Waals surface area contributed by atoms with E-state index < -0.39 is 0 Å². The Morgan fingerprint density at radius 3 is 1.30 bits per heavy atom. The molecule has 0 spiro atoms. The Kier molecular flexibility index (Phi) is 7.16. The maximum Gasteiger partial charge on any atom is -0.0238 e. The summed E-state index contributed by atoms with van der Waals surface area (Å²) >= 11 is -0.0859. The SMILES string of the molecule is C1=C[CH]([Ti][CH]2C=Cc3ccccc32)c2ccccc21.c1ccc(CCc2ccccc2)cc1. The van der Waals surface area contributed by atoms with Crippen molar-refractivity contribution in [1.29, 1.82) is 0 Å². The number of benzene rings is 4. The van der Waals surface area contributed by atoms with Gasteiger partial charge in [0.25, 0.3) is 0 Å². The molecule has 0 N–H and O–H groups in total. The summed E-state index contributed by atoms with van der Waals surface area (Å²) < 4.78 is 1.38. The van der Waals surface area contributed by atoms with Crippen LogP contribution in [0.3, 0.4) is 0 Å². The molecular formula is C32H28Ti. The summed E-state index contributed by atoms with van der Waals surface area (Å²) in [6, 6.07) is 38.9. The van der Waals surface area contributed by atoms with Gasteiger partial charge in [0.1, 0.15) is 0 Å². The monoisotopic (exact) mass is 460 g/mol. The first-order valence-electron chi connectivity index (χ1n) is 11.7. The van der Waals surface area contributed by atoms with Crippen LogP contribution < -0.4 is 0 Å². The maximum absolute atomic E-state index is 2.42. The molecule has 0 saturated heterocycles. The van der Waals surface area contributed by atoms with Crippen LogP contribution in [0.5, 0.6) is 0 Å². The van der Waals surface area contributed by atoms with Crippen molar-refractivity contribution in [3.63, 3.8) is 0 Å². The summed E-state index contributed by atoms with van der Waals surface area (Å²) in [4.78, 5) is 0. The van der Waals surface area contributed by atoms with Gasteiger partial charge in [-0.05, 0) is 24.0 Å². The molecule has 4 aromatic carbocycles. The first-order valence-corrected chi connectivity index (χ1v) is 13.6. The Morgan fingerprint density at radius 1 is 0.455 bits per heavy atom. The first kappa shape index (κ1) is 21.9. The van der Waals surface area contributed by atoms with Crippen LogP contribution in [0.4, 0.5) is 0 Å². The maximum atomic E-state index is 2.42. The Labute approximate surface area is 206 Å². The van der Waals surface area contributed by atoms with E-state index in [4.69, 9.17) is 0 Å². The van der Waals surface area contributed by atoms with E-state index in [1.54, 1.807) is 11.1 Å². The van der Waals surface area contributed by atoms with Gasteiger partial charge in [-0.25, -0.2) is 0 Å². The van der Waals surface area contributed by atoms with E-state index in [0.29, 0.717) is 8.45 Å². The zero-order valence-corrected chi connectivity index (χ0v) is 20.3. The molecule has 2 aliphatic carbocycles. The summed E-state index contributed by atoms with van der Waals surface area (Å²) in [6.45, 7) is 0. The van der Waals surface area contributed by atoms with Crippen LogP contribution in [-0.2, 0) is 32.0 Å². The fraction of sp³-hybridized carbons (Fsp3) is 0.125. The Bertz CT molecular complexity index is 1140. The predicted molar refractivity (Wildman–Crippen MR) is 137 cm³/mol. The van der Waals surface area contributed by atoms with Crippen molar-refractivity contribution in [2.45, 2.75) is 21.3 Å². The molecule has 2 unspecified atom stereocenters. The first-order chi connectivity index (χ1) is 16.4. The molecule has 0 fully saturated rings. The van der Waals surface area contributed by atoms with E-state index in [0.717, 1.165) is 12.8 Å². The molecule has 0 saturated carbocycles. The van der Waals surface area contributed by atoms with Crippen molar-refractivity contribution in [1.82, 2.24) is 0 Å². The van der Waals surface area contributed by atoms with Gasteiger partial charge >= 0.3 is 123 Å². The van der Waals surface area contributed by atoms with Gasteiger partial charge in [-0.15, -0.1) is 0 Å². The van der Waals surface area contributed by atoms with Crippen molar-refractivity contribution >= 4 is 12.2 Å². The number of aryl methyl sites for hydroxylation is 2. The van der Waals surface area contributed by atoms with E-state index in [-0.39, 0.29) is 19.2 Å². The number of hydrogen-bond donors (Lipinski definition) is 0. The molecule has 0 heterocycles. The van der Waals surface area contributed by atoms with Gasteiger partial charge < -0.3 is 0 Å². The van der Waals surface area contributed by atoms with E-state index in [2.05, 4.69) is 133 Å². The molecule has 4 aromatic rings. The minimum atomic E-state index is -0.0859. The second-order valence-electron chi connectivity index (χ2n) is 8.57. The van der Waals surface area contributed by atoms with Crippen LogP contribution in [0.2, 0.25) is 0 Å². The molecule has 2 atom stereocenters. The van der Waals surface area contributed by atoms with Crippen LogP contribution in [0.15, 0.2) is 121 Å². The second kappa shape index (κ2) is 10.8. The van der Waals surface area contributed by atoms with E-state index >= 15 is 0 Å². The molecule has 2 aliphatic rings. The smallest absolute Gasteiger partial charge is 0.0238 e. The third kappa shape index (κ3) is 5.53. The van der Waals surface area contributed by atoms with Crippen LogP contribution in [-0.4, -0.2) is 0 Å². The summed E-state index contributed by atoms with van der Waals surface area (Å²) in [5, 5.41) is 0. The van der Waals surface area contributed by atoms with Crippen LogP contribution in [0, 0.1) is 0 Å².